The Morgan fingerprint density at radius 2 is 2.14 bits per heavy atom. The molecule has 1 fully saturated rings. The maximum Gasteiger partial charge on any atom is 0.253 e. The minimum atomic E-state index is -0.738. The van der Waals surface area contributed by atoms with Gasteiger partial charge in [-0.15, -0.1) is 0 Å². The molecule has 0 radical (unpaired) electrons. The number of hydrogen-bond acceptors (Lipinski definition) is 4. The number of carbonyl (C=O) groups is 3. The van der Waals surface area contributed by atoms with Gasteiger partial charge in [-0.1, -0.05) is 24.2 Å². The summed E-state index contributed by atoms with van der Waals surface area (Å²) in [7, 11) is 1.44. The molecule has 0 aromatic heterocycles. The van der Waals surface area contributed by atoms with E-state index in [-0.39, 0.29) is 36.1 Å². The SMILES string of the molecule is C=CC(=O)NC[C@H](OC)C(=O)N1CCC(C2C(=O)Nc3cc(Cl)ccc32)CC1. The van der Waals surface area contributed by atoms with Gasteiger partial charge in [-0.25, -0.2) is 0 Å². The van der Waals surface area contributed by atoms with E-state index in [1.807, 2.05) is 6.07 Å². The molecule has 150 valence electrons. The van der Waals surface area contributed by atoms with Gasteiger partial charge in [-0.2, -0.15) is 0 Å². The lowest BCUT2D eigenvalue weighted by Gasteiger charge is -2.35. The van der Waals surface area contributed by atoms with Crippen LogP contribution in [0.5, 0.6) is 0 Å². The summed E-state index contributed by atoms with van der Waals surface area (Å²) in [5, 5.41) is 6.08. The van der Waals surface area contributed by atoms with E-state index in [0.29, 0.717) is 18.1 Å². The number of piperidine rings is 1. The molecule has 2 atom stereocenters. The Labute approximate surface area is 169 Å². The number of rotatable bonds is 6. The summed E-state index contributed by atoms with van der Waals surface area (Å²) in [6.07, 6.45) is 1.86. The Hall–Kier alpha value is -2.38. The van der Waals surface area contributed by atoms with Crippen LogP contribution >= 0.6 is 11.6 Å². The van der Waals surface area contributed by atoms with Crippen LogP contribution in [0.25, 0.3) is 0 Å². The number of likely N-dealkylation sites (tertiary alicyclic amines) is 1. The van der Waals surface area contributed by atoms with Crippen LogP contribution in [-0.2, 0) is 19.1 Å². The first kappa shape index (κ1) is 20.4. The van der Waals surface area contributed by atoms with E-state index in [2.05, 4.69) is 17.2 Å². The molecular weight excluding hydrogens is 382 g/mol. The van der Waals surface area contributed by atoms with Crippen molar-refractivity contribution in [3.05, 3.63) is 41.4 Å². The third kappa shape index (κ3) is 4.20. The van der Waals surface area contributed by atoms with Gasteiger partial charge in [0.15, 0.2) is 6.10 Å². The molecule has 8 heteroatoms. The van der Waals surface area contributed by atoms with Crippen LogP contribution in [0.2, 0.25) is 5.02 Å². The second-order valence-corrected chi connectivity index (χ2v) is 7.47. The summed E-state index contributed by atoms with van der Waals surface area (Å²) in [4.78, 5) is 38.2. The number of nitrogens with one attached hydrogen (secondary N) is 2. The number of hydrogen-bond donors (Lipinski definition) is 2. The van der Waals surface area contributed by atoms with Gasteiger partial charge in [0.2, 0.25) is 11.8 Å². The van der Waals surface area contributed by atoms with E-state index in [1.54, 1.807) is 17.0 Å². The molecule has 28 heavy (non-hydrogen) atoms. The average Bonchev–Trinajstić information content (AvgIpc) is 3.02. The number of halogens is 1. The number of anilines is 1. The van der Waals surface area contributed by atoms with Crippen LogP contribution in [0.15, 0.2) is 30.9 Å². The Balaban J connectivity index is 1.60. The van der Waals surface area contributed by atoms with Gasteiger partial charge in [-0.05, 0) is 42.5 Å². The summed E-state index contributed by atoms with van der Waals surface area (Å²) in [5.41, 5.74) is 1.75. The van der Waals surface area contributed by atoms with Crippen molar-refractivity contribution in [2.45, 2.75) is 24.9 Å². The summed E-state index contributed by atoms with van der Waals surface area (Å²) in [6.45, 7) is 4.57. The number of carbonyl (C=O) groups excluding carboxylic acids is 3. The van der Waals surface area contributed by atoms with Gasteiger partial charge in [0, 0.05) is 30.9 Å². The molecule has 1 aromatic rings. The zero-order valence-electron chi connectivity index (χ0n) is 15.7. The topological polar surface area (TPSA) is 87.7 Å². The molecular formula is C20H24ClN3O4. The zero-order chi connectivity index (χ0) is 20.3. The maximum absolute atomic E-state index is 12.7. The van der Waals surface area contributed by atoms with Crippen molar-refractivity contribution in [3.63, 3.8) is 0 Å². The van der Waals surface area contributed by atoms with Crippen molar-refractivity contribution in [3.8, 4) is 0 Å². The van der Waals surface area contributed by atoms with Crippen molar-refractivity contribution < 1.29 is 19.1 Å². The molecule has 2 heterocycles. The van der Waals surface area contributed by atoms with Crippen LogP contribution in [0.4, 0.5) is 5.69 Å². The fourth-order valence-corrected chi connectivity index (χ4v) is 4.09. The monoisotopic (exact) mass is 405 g/mol. The number of fused-ring (bicyclic) bond motifs is 1. The first-order chi connectivity index (χ1) is 13.4. The minimum absolute atomic E-state index is 0.0102. The lowest BCUT2D eigenvalue weighted by atomic mass is 9.80. The first-order valence-corrected chi connectivity index (χ1v) is 9.64. The van der Waals surface area contributed by atoms with Gasteiger partial charge in [0.05, 0.1) is 12.5 Å². The summed E-state index contributed by atoms with van der Waals surface area (Å²) >= 11 is 6.02. The second-order valence-electron chi connectivity index (χ2n) is 7.03. The van der Waals surface area contributed by atoms with E-state index in [4.69, 9.17) is 16.3 Å². The highest BCUT2D eigenvalue weighted by Gasteiger charge is 2.39. The van der Waals surface area contributed by atoms with Crippen LogP contribution in [0.3, 0.4) is 0 Å². The van der Waals surface area contributed by atoms with E-state index in [1.165, 1.54) is 7.11 Å². The molecule has 1 unspecified atom stereocenters. The lowest BCUT2D eigenvalue weighted by molar-refractivity contribution is -0.143. The smallest absolute Gasteiger partial charge is 0.253 e. The quantitative estimate of drug-likeness (QED) is 0.708. The highest BCUT2D eigenvalue weighted by molar-refractivity contribution is 6.31. The molecule has 2 aliphatic heterocycles. The molecule has 0 bridgehead atoms. The van der Waals surface area contributed by atoms with Crippen molar-refractivity contribution in [1.29, 1.82) is 0 Å². The minimum Gasteiger partial charge on any atom is -0.370 e. The van der Waals surface area contributed by atoms with Crippen LogP contribution in [0.1, 0.15) is 24.3 Å². The molecule has 0 aliphatic carbocycles. The fourth-order valence-electron chi connectivity index (χ4n) is 3.92. The van der Waals surface area contributed by atoms with Gasteiger partial charge < -0.3 is 20.3 Å². The molecule has 1 saturated heterocycles. The summed E-state index contributed by atoms with van der Waals surface area (Å²) in [5.74, 6) is -0.570. The standard InChI is InChI=1S/C20H24ClN3O4/c1-3-17(25)22-11-16(28-2)20(27)24-8-6-12(7-9-24)18-14-5-4-13(21)10-15(14)23-19(18)26/h3-5,10,12,16,18H,1,6-9,11H2,2H3,(H,22,25)(H,23,26)/t16-,18?/m0/s1. The normalized spacial score (nSPS) is 20.3. The molecule has 0 spiro atoms. The summed E-state index contributed by atoms with van der Waals surface area (Å²) < 4.78 is 5.24. The van der Waals surface area contributed by atoms with E-state index in [9.17, 15) is 14.4 Å². The molecule has 3 amide bonds. The van der Waals surface area contributed by atoms with Gasteiger partial charge in [0.25, 0.3) is 5.91 Å². The Kier molecular flexibility index (Phi) is 6.36. The number of benzene rings is 1. The second kappa shape index (κ2) is 8.75. The highest BCUT2D eigenvalue weighted by atomic mass is 35.5. The third-order valence-electron chi connectivity index (χ3n) is 5.42. The van der Waals surface area contributed by atoms with Crippen molar-refractivity contribution in [2.24, 2.45) is 5.92 Å². The Morgan fingerprint density at radius 3 is 2.79 bits per heavy atom. The number of methoxy groups -OCH3 is 1. The lowest BCUT2D eigenvalue weighted by Crippen LogP contribution is -2.49. The third-order valence-corrected chi connectivity index (χ3v) is 5.66. The average molecular weight is 406 g/mol. The van der Waals surface area contributed by atoms with Crippen LogP contribution in [-0.4, -0.2) is 55.5 Å². The van der Waals surface area contributed by atoms with Crippen molar-refractivity contribution in [1.82, 2.24) is 10.2 Å². The fraction of sp³-hybridized carbons (Fsp3) is 0.450. The molecule has 1 aromatic carbocycles. The van der Waals surface area contributed by atoms with Gasteiger partial charge in [-0.3, -0.25) is 14.4 Å². The largest absolute Gasteiger partial charge is 0.370 e. The Bertz CT molecular complexity index is 790. The number of nitrogens with zero attached hydrogens (tertiary/aromatic N) is 1. The number of ether oxygens (including phenoxy) is 1. The molecule has 7 nitrogen and oxygen atoms in total. The zero-order valence-corrected chi connectivity index (χ0v) is 16.5. The van der Waals surface area contributed by atoms with E-state index >= 15 is 0 Å². The van der Waals surface area contributed by atoms with E-state index < -0.39 is 6.10 Å². The molecule has 3 rings (SSSR count). The van der Waals surface area contributed by atoms with Crippen LogP contribution < -0.4 is 10.6 Å². The van der Waals surface area contributed by atoms with Crippen LogP contribution in [0, 0.1) is 5.92 Å². The van der Waals surface area contributed by atoms with Gasteiger partial charge >= 0.3 is 0 Å². The van der Waals surface area contributed by atoms with E-state index in [0.717, 1.165) is 30.2 Å². The molecule has 0 saturated carbocycles. The van der Waals surface area contributed by atoms with Gasteiger partial charge in [0.1, 0.15) is 0 Å². The van der Waals surface area contributed by atoms with Crippen molar-refractivity contribution in [2.75, 3.05) is 32.1 Å². The van der Waals surface area contributed by atoms with Crippen molar-refractivity contribution >= 4 is 35.0 Å². The first-order valence-electron chi connectivity index (χ1n) is 9.26. The molecule has 2 aliphatic rings. The predicted molar refractivity (Wildman–Crippen MR) is 106 cm³/mol. The Morgan fingerprint density at radius 1 is 1.43 bits per heavy atom. The highest BCUT2D eigenvalue weighted by Crippen LogP contribution is 2.42. The summed E-state index contributed by atoms with van der Waals surface area (Å²) in [6, 6.07) is 5.47. The molecule has 2 N–H and O–H groups in total. The maximum atomic E-state index is 12.7. The predicted octanol–water partition coefficient (Wildman–Crippen LogP) is 1.93. The number of amides is 3.